The summed E-state index contributed by atoms with van der Waals surface area (Å²) in [6.45, 7) is 0.855. The van der Waals surface area contributed by atoms with Gasteiger partial charge in [-0.1, -0.05) is 0 Å². The van der Waals surface area contributed by atoms with E-state index in [-0.39, 0.29) is 5.60 Å². The fourth-order valence-corrected chi connectivity index (χ4v) is 1.43. The summed E-state index contributed by atoms with van der Waals surface area (Å²) in [4.78, 5) is 0. The Bertz CT molecular complexity index is 96.3. The number of rotatable bonds is 4. The third-order valence-electron chi connectivity index (χ3n) is 2.42. The van der Waals surface area contributed by atoms with Crippen LogP contribution < -0.4 is 11.3 Å². The minimum atomic E-state index is 0.173. The Morgan fingerprint density at radius 3 is 2.60 bits per heavy atom. The van der Waals surface area contributed by atoms with E-state index in [1.165, 1.54) is 19.3 Å². The molecular formula is C7H16N2O. The molecule has 0 aromatic carbocycles. The minimum Gasteiger partial charge on any atom is -0.378 e. The largest absolute Gasteiger partial charge is 0.378 e. The average Bonchev–Trinajstić information content (AvgIpc) is 1.87. The van der Waals surface area contributed by atoms with Crippen LogP contribution in [0.1, 0.15) is 25.7 Å². The monoisotopic (exact) mass is 144 g/mol. The van der Waals surface area contributed by atoms with Gasteiger partial charge < -0.3 is 4.74 Å². The number of hydrazine groups is 1. The summed E-state index contributed by atoms with van der Waals surface area (Å²) in [6.07, 6.45) is 4.74. The van der Waals surface area contributed by atoms with E-state index in [1.807, 2.05) is 0 Å². The molecule has 1 fully saturated rings. The molecule has 1 aliphatic carbocycles. The van der Waals surface area contributed by atoms with Crippen LogP contribution in [0.5, 0.6) is 0 Å². The van der Waals surface area contributed by atoms with E-state index >= 15 is 0 Å². The van der Waals surface area contributed by atoms with Crippen LogP contribution >= 0.6 is 0 Å². The van der Waals surface area contributed by atoms with Gasteiger partial charge in [-0.25, -0.2) is 0 Å². The fraction of sp³-hybridized carbons (Fsp3) is 1.00. The molecule has 1 saturated carbocycles. The van der Waals surface area contributed by atoms with Gasteiger partial charge >= 0.3 is 0 Å². The Balaban J connectivity index is 2.20. The second-order valence-corrected chi connectivity index (χ2v) is 2.94. The highest BCUT2D eigenvalue weighted by molar-refractivity contribution is 4.89. The maximum Gasteiger partial charge on any atom is 0.0691 e. The highest BCUT2D eigenvalue weighted by atomic mass is 16.5. The van der Waals surface area contributed by atoms with Gasteiger partial charge in [0.1, 0.15) is 0 Å². The van der Waals surface area contributed by atoms with Gasteiger partial charge in [0.2, 0.25) is 0 Å². The summed E-state index contributed by atoms with van der Waals surface area (Å²) in [6, 6.07) is 0. The van der Waals surface area contributed by atoms with Gasteiger partial charge in [0.15, 0.2) is 0 Å². The number of hydrogen-bond acceptors (Lipinski definition) is 3. The maximum atomic E-state index is 5.38. The first kappa shape index (κ1) is 7.98. The van der Waals surface area contributed by atoms with Crippen LogP contribution in [-0.2, 0) is 4.74 Å². The van der Waals surface area contributed by atoms with E-state index < -0.39 is 0 Å². The number of nitrogens with one attached hydrogen (secondary N) is 1. The standard InChI is InChI=1S/C7H16N2O/c1-10-7(3-2-4-7)5-6-9-8/h9H,2-6,8H2,1H3. The second kappa shape index (κ2) is 3.32. The van der Waals surface area contributed by atoms with Gasteiger partial charge in [-0.15, -0.1) is 0 Å². The Kier molecular flexibility index (Phi) is 2.65. The van der Waals surface area contributed by atoms with Crippen molar-refractivity contribution < 1.29 is 4.74 Å². The lowest BCUT2D eigenvalue weighted by atomic mass is 9.77. The summed E-state index contributed by atoms with van der Waals surface area (Å²) in [5.41, 5.74) is 2.82. The lowest BCUT2D eigenvalue weighted by Crippen LogP contribution is -2.42. The fourth-order valence-electron chi connectivity index (χ4n) is 1.43. The molecule has 0 aromatic heterocycles. The Morgan fingerprint density at radius 2 is 2.30 bits per heavy atom. The van der Waals surface area contributed by atoms with E-state index in [1.54, 1.807) is 7.11 Å². The molecule has 0 amide bonds. The zero-order valence-corrected chi connectivity index (χ0v) is 6.52. The Hall–Kier alpha value is -0.120. The Labute approximate surface area is 61.9 Å². The second-order valence-electron chi connectivity index (χ2n) is 2.94. The quantitative estimate of drug-likeness (QED) is 0.444. The van der Waals surface area contributed by atoms with Crippen LogP contribution in [0.15, 0.2) is 0 Å². The predicted molar refractivity (Wildman–Crippen MR) is 40.4 cm³/mol. The minimum absolute atomic E-state index is 0.173. The highest BCUT2D eigenvalue weighted by Crippen LogP contribution is 2.37. The van der Waals surface area contributed by atoms with Crippen molar-refractivity contribution in [1.82, 2.24) is 5.43 Å². The summed E-state index contributed by atoms with van der Waals surface area (Å²) in [7, 11) is 1.79. The van der Waals surface area contributed by atoms with Gasteiger partial charge in [-0.2, -0.15) is 0 Å². The van der Waals surface area contributed by atoms with Gasteiger partial charge in [-0.05, 0) is 25.7 Å². The molecule has 0 atom stereocenters. The lowest BCUT2D eigenvalue weighted by molar-refractivity contribution is -0.0767. The number of hydrogen-bond donors (Lipinski definition) is 2. The maximum absolute atomic E-state index is 5.38. The average molecular weight is 144 g/mol. The predicted octanol–water partition coefficient (Wildman–Crippen LogP) is 0.409. The van der Waals surface area contributed by atoms with Crippen molar-refractivity contribution in [3.8, 4) is 0 Å². The molecule has 3 nitrogen and oxygen atoms in total. The molecule has 10 heavy (non-hydrogen) atoms. The molecule has 1 rings (SSSR count). The van der Waals surface area contributed by atoms with Crippen molar-refractivity contribution in [1.29, 1.82) is 0 Å². The summed E-state index contributed by atoms with van der Waals surface area (Å²) in [5.74, 6) is 5.16. The molecule has 0 bridgehead atoms. The molecule has 0 saturated heterocycles. The van der Waals surface area contributed by atoms with Crippen LogP contribution in [-0.4, -0.2) is 19.3 Å². The SMILES string of the molecule is COC1(CCNN)CCC1. The first-order valence-electron chi connectivity index (χ1n) is 3.82. The molecule has 0 radical (unpaired) electrons. The van der Waals surface area contributed by atoms with Gasteiger partial charge in [-0.3, -0.25) is 11.3 Å². The highest BCUT2D eigenvalue weighted by Gasteiger charge is 2.35. The summed E-state index contributed by atoms with van der Waals surface area (Å²) < 4.78 is 5.38. The van der Waals surface area contributed by atoms with Crippen LogP contribution in [0.2, 0.25) is 0 Å². The van der Waals surface area contributed by atoms with Crippen LogP contribution in [0.3, 0.4) is 0 Å². The molecule has 0 spiro atoms. The molecule has 0 unspecified atom stereocenters. The Morgan fingerprint density at radius 1 is 1.60 bits per heavy atom. The first-order valence-corrected chi connectivity index (χ1v) is 3.82. The lowest BCUT2D eigenvalue weighted by Gasteiger charge is -2.40. The van der Waals surface area contributed by atoms with Crippen molar-refractivity contribution in [2.75, 3.05) is 13.7 Å². The topological polar surface area (TPSA) is 47.3 Å². The van der Waals surface area contributed by atoms with Crippen molar-refractivity contribution in [3.63, 3.8) is 0 Å². The van der Waals surface area contributed by atoms with Crippen molar-refractivity contribution in [2.24, 2.45) is 5.84 Å². The number of ether oxygens (including phenoxy) is 1. The van der Waals surface area contributed by atoms with Gasteiger partial charge in [0.25, 0.3) is 0 Å². The van der Waals surface area contributed by atoms with Crippen LogP contribution in [0, 0.1) is 0 Å². The van der Waals surface area contributed by atoms with Gasteiger partial charge in [0, 0.05) is 13.7 Å². The summed E-state index contributed by atoms with van der Waals surface area (Å²) in [5, 5.41) is 0. The molecule has 1 aliphatic rings. The van der Waals surface area contributed by atoms with E-state index in [2.05, 4.69) is 5.43 Å². The molecule has 60 valence electrons. The molecule has 0 heterocycles. The zero-order valence-electron chi connectivity index (χ0n) is 6.52. The first-order chi connectivity index (χ1) is 4.83. The molecule has 3 heteroatoms. The zero-order chi connectivity index (χ0) is 7.45. The summed E-state index contributed by atoms with van der Waals surface area (Å²) >= 11 is 0. The van der Waals surface area contributed by atoms with E-state index in [9.17, 15) is 0 Å². The third kappa shape index (κ3) is 1.48. The third-order valence-corrected chi connectivity index (χ3v) is 2.42. The van der Waals surface area contributed by atoms with Crippen LogP contribution in [0.4, 0.5) is 0 Å². The van der Waals surface area contributed by atoms with E-state index in [4.69, 9.17) is 10.6 Å². The van der Waals surface area contributed by atoms with Crippen LogP contribution in [0.25, 0.3) is 0 Å². The number of nitrogens with two attached hydrogens (primary N) is 1. The molecule has 0 aliphatic heterocycles. The van der Waals surface area contributed by atoms with E-state index in [0.717, 1.165) is 13.0 Å². The molecular weight excluding hydrogens is 128 g/mol. The van der Waals surface area contributed by atoms with E-state index in [0.29, 0.717) is 0 Å². The van der Waals surface area contributed by atoms with Crippen molar-refractivity contribution in [3.05, 3.63) is 0 Å². The molecule has 0 aromatic rings. The van der Waals surface area contributed by atoms with Crippen molar-refractivity contribution >= 4 is 0 Å². The number of methoxy groups -OCH3 is 1. The van der Waals surface area contributed by atoms with Gasteiger partial charge in [0.05, 0.1) is 5.60 Å². The normalized spacial score (nSPS) is 22.2. The smallest absolute Gasteiger partial charge is 0.0691 e. The molecule has 3 N–H and O–H groups in total. The van der Waals surface area contributed by atoms with Crippen molar-refractivity contribution in [2.45, 2.75) is 31.3 Å².